The Hall–Kier alpha value is -2.60. The molecule has 0 unspecified atom stereocenters. The van der Waals surface area contributed by atoms with Crippen molar-refractivity contribution < 1.29 is 24.2 Å². The highest BCUT2D eigenvalue weighted by molar-refractivity contribution is 6.34. The topological polar surface area (TPSA) is 86.6 Å². The number of aromatic hydroxyl groups is 1. The minimum Gasteiger partial charge on any atom is -0.508 e. The average molecular weight is 310 g/mol. The predicted octanol–water partition coefficient (Wildman–Crippen LogP) is 3.14. The van der Waals surface area contributed by atoms with Gasteiger partial charge < -0.3 is 15.5 Å². The number of rotatable bonds is 3. The van der Waals surface area contributed by atoms with Gasteiger partial charge in [0.25, 0.3) is 5.91 Å². The zero-order chi connectivity index (χ0) is 15.6. The highest BCUT2D eigenvalue weighted by Gasteiger charge is 2.15. The van der Waals surface area contributed by atoms with Crippen molar-refractivity contribution in [2.75, 3.05) is 5.32 Å². The second kappa shape index (κ2) is 5.80. The van der Waals surface area contributed by atoms with E-state index in [1.807, 2.05) is 0 Å². The second-order valence-corrected chi connectivity index (χ2v) is 4.53. The van der Waals surface area contributed by atoms with Crippen molar-refractivity contribution in [2.45, 2.75) is 0 Å². The van der Waals surface area contributed by atoms with Crippen molar-refractivity contribution in [3.63, 3.8) is 0 Å². The van der Waals surface area contributed by atoms with Gasteiger partial charge in [-0.3, -0.25) is 4.79 Å². The summed E-state index contributed by atoms with van der Waals surface area (Å²) in [5.41, 5.74) is -0.523. The highest BCUT2D eigenvalue weighted by atomic mass is 35.5. The van der Waals surface area contributed by atoms with Crippen LogP contribution in [0.4, 0.5) is 10.1 Å². The Morgan fingerprint density at radius 3 is 2.52 bits per heavy atom. The summed E-state index contributed by atoms with van der Waals surface area (Å²) in [5.74, 6) is -2.98. The SMILES string of the molecule is O=C(O)c1ccc(F)c(NC(=O)c2cc(O)ccc2Cl)c1. The fourth-order valence-corrected chi connectivity index (χ4v) is 1.83. The number of carboxylic acids is 1. The molecule has 0 heterocycles. The van der Waals surface area contributed by atoms with Crippen LogP contribution in [0.15, 0.2) is 36.4 Å². The number of hydrogen-bond acceptors (Lipinski definition) is 3. The molecule has 0 spiro atoms. The van der Waals surface area contributed by atoms with Crippen molar-refractivity contribution in [3.8, 4) is 5.75 Å². The van der Waals surface area contributed by atoms with Crippen LogP contribution in [0.25, 0.3) is 0 Å². The number of amides is 1. The van der Waals surface area contributed by atoms with Crippen molar-refractivity contribution >= 4 is 29.2 Å². The summed E-state index contributed by atoms with van der Waals surface area (Å²) in [4.78, 5) is 22.8. The number of carbonyl (C=O) groups is 2. The second-order valence-electron chi connectivity index (χ2n) is 4.12. The zero-order valence-corrected chi connectivity index (χ0v) is 11.2. The molecule has 0 aliphatic rings. The molecule has 2 aromatic rings. The molecular weight excluding hydrogens is 301 g/mol. The Bertz CT molecular complexity index is 733. The van der Waals surface area contributed by atoms with Crippen molar-refractivity contribution in [2.24, 2.45) is 0 Å². The molecule has 0 aliphatic heterocycles. The Morgan fingerprint density at radius 2 is 1.86 bits per heavy atom. The molecule has 0 aromatic heterocycles. The number of hydrogen-bond donors (Lipinski definition) is 3. The summed E-state index contributed by atoms with van der Waals surface area (Å²) in [6, 6.07) is 6.74. The van der Waals surface area contributed by atoms with Crippen LogP contribution in [-0.2, 0) is 0 Å². The molecule has 3 N–H and O–H groups in total. The minimum atomic E-state index is -1.25. The lowest BCUT2D eigenvalue weighted by Gasteiger charge is -2.09. The van der Waals surface area contributed by atoms with E-state index in [0.717, 1.165) is 24.3 Å². The molecule has 2 rings (SSSR count). The average Bonchev–Trinajstić information content (AvgIpc) is 2.43. The lowest BCUT2D eigenvalue weighted by molar-refractivity contribution is 0.0696. The molecule has 21 heavy (non-hydrogen) atoms. The molecule has 0 aliphatic carbocycles. The Labute approximate surface area is 123 Å². The van der Waals surface area contributed by atoms with Gasteiger partial charge in [0, 0.05) is 0 Å². The molecule has 0 saturated heterocycles. The zero-order valence-electron chi connectivity index (χ0n) is 10.4. The smallest absolute Gasteiger partial charge is 0.335 e. The maximum absolute atomic E-state index is 13.6. The molecule has 108 valence electrons. The van der Waals surface area contributed by atoms with E-state index in [-0.39, 0.29) is 27.6 Å². The maximum atomic E-state index is 13.6. The van der Waals surface area contributed by atoms with E-state index in [2.05, 4.69) is 5.32 Å². The van der Waals surface area contributed by atoms with Crippen LogP contribution in [0, 0.1) is 5.82 Å². The van der Waals surface area contributed by atoms with E-state index in [1.54, 1.807) is 0 Å². The number of phenolic OH excluding ortho intramolecular Hbond substituents is 1. The van der Waals surface area contributed by atoms with Crippen molar-refractivity contribution in [3.05, 3.63) is 58.4 Å². The monoisotopic (exact) mass is 309 g/mol. The summed E-state index contributed by atoms with van der Waals surface area (Å²) >= 11 is 5.82. The number of carboxylic acid groups (broad SMARTS) is 1. The predicted molar refractivity (Wildman–Crippen MR) is 74.4 cm³/mol. The Balaban J connectivity index is 2.33. The first-order valence-electron chi connectivity index (χ1n) is 5.71. The van der Waals surface area contributed by atoms with Gasteiger partial charge in [-0.25, -0.2) is 9.18 Å². The van der Waals surface area contributed by atoms with E-state index < -0.39 is 17.7 Å². The summed E-state index contributed by atoms with van der Waals surface area (Å²) in [5, 5.41) is 20.5. The van der Waals surface area contributed by atoms with Gasteiger partial charge in [0.15, 0.2) is 0 Å². The first-order valence-corrected chi connectivity index (χ1v) is 6.09. The quantitative estimate of drug-likeness (QED) is 0.813. The molecule has 7 heteroatoms. The lowest BCUT2D eigenvalue weighted by Crippen LogP contribution is -2.14. The molecule has 2 aromatic carbocycles. The third kappa shape index (κ3) is 3.29. The molecular formula is C14H9ClFNO4. The van der Waals surface area contributed by atoms with Crippen molar-refractivity contribution in [1.82, 2.24) is 0 Å². The summed E-state index contributed by atoms with van der Waals surface area (Å²) in [6.07, 6.45) is 0. The molecule has 0 radical (unpaired) electrons. The van der Waals surface area contributed by atoms with Crippen molar-refractivity contribution in [1.29, 1.82) is 0 Å². The lowest BCUT2D eigenvalue weighted by atomic mass is 10.1. The van der Waals surface area contributed by atoms with Gasteiger partial charge in [-0.05, 0) is 36.4 Å². The van der Waals surface area contributed by atoms with E-state index in [1.165, 1.54) is 12.1 Å². The Morgan fingerprint density at radius 1 is 1.14 bits per heavy atom. The first kappa shape index (κ1) is 14.8. The van der Waals surface area contributed by atoms with Gasteiger partial charge in [0.05, 0.1) is 21.8 Å². The van der Waals surface area contributed by atoms with Crippen LogP contribution in [0.5, 0.6) is 5.75 Å². The van der Waals surface area contributed by atoms with E-state index in [9.17, 15) is 19.1 Å². The van der Waals surface area contributed by atoms with Gasteiger partial charge in [0.1, 0.15) is 11.6 Å². The fraction of sp³-hybridized carbons (Fsp3) is 0. The summed E-state index contributed by atoms with van der Waals surface area (Å²) in [6.45, 7) is 0. The fourth-order valence-electron chi connectivity index (χ4n) is 1.63. The number of carbonyl (C=O) groups excluding carboxylic acids is 1. The number of halogens is 2. The Kier molecular flexibility index (Phi) is 4.09. The van der Waals surface area contributed by atoms with E-state index in [4.69, 9.17) is 16.7 Å². The van der Waals surface area contributed by atoms with Gasteiger partial charge >= 0.3 is 5.97 Å². The van der Waals surface area contributed by atoms with Gasteiger partial charge in [-0.15, -0.1) is 0 Å². The van der Waals surface area contributed by atoms with Crippen LogP contribution in [-0.4, -0.2) is 22.1 Å². The van der Waals surface area contributed by atoms with Gasteiger partial charge in [0.2, 0.25) is 0 Å². The number of anilines is 1. The highest BCUT2D eigenvalue weighted by Crippen LogP contribution is 2.23. The number of aromatic carboxylic acids is 1. The third-order valence-electron chi connectivity index (χ3n) is 2.66. The van der Waals surface area contributed by atoms with Crippen LogP contribution < -0.4 is 5.32 Å². The number of benzene rings is 2. The number of nitrogens with one attached hydrogen (secondary N) is 1. The largest absolute Gasteiger partial charge is 0.508 e. The first-order chi connectivity index (χ1) is 9.88. The molecule has 0 bridgehead atoms. The number of phenols is 1. The molecule has 1 amide bonds. The van der Waals surface area contributed by atoms with E-state index >= 15 is 0 Å². The van der Waals surface area contributed by atoms with Crippen LogP contribution in [0.3, 0.4) is 0 Å². The molecule has 0 atom stereocenters. The minimum absolute atomic E-state index is 0.0585. The van der Waals surface area contributed by atoms with Gasteiger partial charge in [-0.1, -0.05) is 11.6 Å². The third-order valence-corrected chi connectivity index (χ3v) is 2.99. The molecule has 0 saturated carbocycles. The summed E-state index contributed by atoms with van der Waals surface area (Å²) < 4.78 is 13.6. The molecule has 0 fully saturated rings. The van der Waals surface area contributed by atoms with Crippen LogP contribution >= 0.6 is 11.6 Å². The van der Waals surface area contributed by atoms with Gasteiger partial charge in [-0.2, -0.15) is 0 Å². The van der Waals surface area contributed by atoms with Crippen LogP contribution in [0.2, 0.25) is 5.02 Å². The standard InChI is InChI=1S/C14H9ClFNO4/c15-10-3-2-8(18)6-9(10)13(19)17-12-5-7(14(20)21)1-4-11(12)16/h1-6,18H,(H,17,19)(H,20,21). The molecule has 5 nitrogen and oxygen atoms in total. The summed E-state index contributed by atoms with van der Waals surface area (Å²) in [7, 11) is 0. The van der Waals surface area contributed by atoms with Crippen LogP contribution in [0.1, 0.15) is 20.7 Å². The van der Waals surface area contributed by atoms with E-state index in [0.29, 0.717) is 0 Å². The normalized spacial score (nSPS) is 10.2. The maximum Gasteiger partial charge on any atom is 0.335 e.